The van der Waals surface area contributed by atoms with Crippen molar-refractivity contribution in [2.24, 2.45) is 0 Å². The van der Waals surface area contributed by atoms with Gasteiger partial charge in [0.25, 0.3) is 0 Å². The Labute approximate surface area is 196 Å². The van der Waals surface area contributed by atoms with Gasteiger partial charge in [-0.15, -0.1) is 0 Å². The lowest BCUT2D eigenvalue weighted by molar-refractivity contribution is 0.255. The van der Waals surface area contributed by atoms with Gasteiger partial charge >= 0.3 is 0 Å². The van der Waals surface area contributed by atoms with Gasteiger partial charge in [0.15, 0.2) is 5.76 Å². The molecule has 1 N–H and O–H groups in total. The second-order valence-corrected chi connectivity index (χ2v) is 9.00. The second-order valence-electron chi connectivity index (χ2n) is 9.00. The molecule has 4 aromatic rings. The first kappa shape index (κ1) is 21.7. The standard InChI is InChI=1S/C28H32N4O/c1-21-10-11-28(22(2)18-21)32-16-14-31(15-17-32)13-12-29-20-24-19-27(30-33-24)26-9-5-7-23-6-3-4-8-25(23)26/h3-11,18-19,29H,12-17,20H2,1-2H3. The highest BCUT2D eigenvalue weighted by Crippen LogP contribution is 2.28. The summed E-state index contributed by atoms with van der Waals surface area (Å²) < 4.78 is 5.61. The first-order chi connectivity index (χ1) is 16.2. The summed E-state index contributed by atoms with van der Waals surface area (Å²) in [6, 6.07) is 23.5. The number of aryl methyl sites for hydroxylation is 2. The number of nitrogens with one attached hydrogen (secondary N) is 1. The zero-order valence-electron chi connectivity index (χ0n) is 19.6. The van der Waals surface area contributed by atoms with Crippen molar-refractivity contribution in [3.63, 3.8) is 0 Å². The Morgan fingerprint density at radius 1 is 0.909 bits per heavy atom. The molecule has 5 nitrogen and oxygen atoms in total. The maximum Gasteiger partial charge on any atom is 0.151 e. The van der Waals surface area contributed by atoms with Crippen molar-refractivity contribution in [1.29, 1.82) is 0 Å². The lowest BCUT2D eigenvalue weighted by atomic mass is 10.0. The van der Waals surface area contributed by atoms with Crippen molar-refractivity contribution in [3.05, 3.63) is 83.6 Å². The number of hydrogen-bond donors (Lipinski definition) is 1. The van der Waals surface area contributed by atoms with E-state index >= 15 is 0 Å². The molecule has 3 aromatic carbocycles. The van der Waals surface area contributed by atoms with Gasteiger partial charge in [-0.25, -0.2) is 0 Å². The lowest BCUT2D eigenvalue weighted by Crippen LogP contribution is -2.48. The fraction of sp³-hybridized carbons (Fsp3) is 0.321. The van der Waals surface area contributed by atoms with E-state index in [1.807, 2.05) is 0 Å². The summed E-state index contributed by atoms with van der Waals surface area (Å²) in [5, 5.41) is 10.3. The zero-order valence-corrected chi connectivity index (χ0v) is 19.6. The van der Waals surface area contributed by atoms with Crippen molar-refractivity contribution < 1.29 is 4.52 Å². The average molecular weight is 441 g/mol. The van der Waals surface area contributed by atoms with Crippen LogP contribution >= 0.6 is 0 Å². The summed E-state index contributed by atoms with van der Waals surface area (Å²) in [6.45, 7) is 11.4. The Hall–Kier alpha value is -3.15. The largest absolute Gasteiger partial charge is 0.369 e. The molecule has 0 radical (unpaired) electrons. The van der Waals surface area contributed by atoms with E-state index in [0.717, 1.165) is 56.3 Å². The van der Waals surface area contributed by atoms with Crippen LogP contribution in [-0.2, 0) is 6.54 Å². The number of nitrogens with zero attached hydrogens (tertiary/aromatic N) is 3. The van der Waals surface area contributed by atoms with Crippen LogP contribution in [0.1, 0.15) is 16.9 Å². The molecule has 0 amide bonds. The van der Waals surface area contributed by atoms with Crippen LogP contribution in [0.3, 0.4) is 0 Å². The van der Waals surface area contributed by atoms with E-state index in [1.165, 1.54) is 27.6 Å². The second kappa shape index (κ2) is 9.77. The fourth-order valence-corrected chi connectivity index (χ4v) is 4.79. The minimum atomic E-state index is 0.695. The van der Waals surface area contributed by atoms with Crippen LogP contribution in [0.25, 0.3) is 22.0 Å². The summed E-state index contributed by atoms with van der Waals surface area (Å²) in [6.07, 6.45) is 0. The molecule has 0 aliphatic carbocycles. The smallest absolute Gasteiger partial charge is 0.151 e. The van der Waals surface area contributed by atoms with Crippen LogP contribution < -0.4 is 10.2 Å². The predicted molar refractivity (Wildman–Crippen MR) is 136 cm³/mol. The third-order valence-electron chi connectivity index (χ3n) is 6.59. The molecule has 1 aliphatic heterocycles. The molecular formula is C28H32N4O. The van der Waals surface area contributed by atoms with E-state index in [-0.39, 0.29) is 0 Å². The van der Waals surface area contributed by atoms with Crippen LogP contribution in [0, 0.1) is 13.8 Å². The number of piperazine rings is 1. The van der Waals surface area contributed by atoms with Crippen molar-refractivity contribution in [2.45, 2.75) is 20.4 Å². The molecule has 1 aliphatic rings. The van der Waals surface area contributed by atoms with Crippen LogP contribution in [0.15, 0.2) is 71.3 Å². The number of rotatable bonds is 7. The van der Waals surface area contributed by atoms with Gasteiger partial charge in [-0.2, -0.15) is 0 Å². The molecule has 1 fully saturated rings. The third kappa shape index (κ3) is 4.95. The van der Waals surface area contributed by atoms with E-state index < -0.39 is 0 Å². The van der Waals surface area contributed by atoms with Crippen molar-refractivity contribution in [1.82, 2.24) is 15.4 Å². The molecular weight excluding hydrogens is 408 g/mol. The van der Waals surface area contributed by atoms with E-state index in [9.17, 15) is 0 Å². The van der Waals surface area contributed by atoms with Gasteiger partial charge in [0.1, 0.15) is 5.69 Å². The van der Waals surface area contributed by atoms with Crippen molar-refractivity contribution in [3.8, 4) is 11.3 Å². The molecule has 5 rings (SSSR count). The van der Waals surface area contributed by atoms with Gasteiger partial charge in [-0.3, -0.25) is 4.90 Å². The highest BCUT2D eigenvalue weighted by molar-refractivity contribution is 5.95. The van der Waals surface area contributed by atoms with E-state index in [4.69, 9.17) is 4.52 Å². The highest BCUT2D eigenvalue weighted by Gasteiger charge is 2.18. The van der Waals surface area contributed by atoms with Gasteiger partial charge in [0.2, 0.25) is 0 Å². The fourth-order valence-electron chi connectivity index (χ4n) is 4.79. The molecule has 0 bridgehead atoms. The Kier molecular flexibility index (Phi) is 6.42. The third-order valence-corrected chi connectivity index (χ3v) is 6.59. The summed E-state index contributed by atoms with van der Waals surface area (Å²) in [7, 11) is 0. The van der Waals surface area contributed by atoms with Crippen LogP contribution in [0.2, 0.25) is 0 Å². The number of benzene rings is 3. The first-order valence-electron chi connectivity index (χ1n) is 11.9. The number of hydrogen-bond acceptors (Lipinski definition) is 5. The van der Waals surface area contributed by atoms with Crippen LogP contribution in [-0.4, -0.2) is 49.3 Å². The number of anilines is 1. The lowest BCUT2D eigenvalue weighted by Gasteiger charge is -2.37. The van der Waals surface area contributed by atoms with E-state index in [0.29, 0.717) is 6.54 Å². The Balaban J connectivity index is 1.09. The molecule has 2 heterocycles. The molecule has 0 unspecified atom stereocenters. The molecule has 0 spiro atoms. The topological polar surface area (TPSA) is 44.5 Å². The van der Waals surface area contributed by atoms with Crippen molar-refractivity contribution in [2.75, 3.05) is 44.2 Å². The number of aromatic nitrogens is 1. The Morgan fingerprint density at radius 3 is 2.58 bits per heavy atom. The van der Waals surface area contributed by atoms with E-state index in [2.05, 4.69) is 101 Å². The SMILES string of the molecule is Cc1ccc(N2CCN(CCNCc3cc(-c4cccc5ccccc45)no3)CC2)c(C)c1. The summed E-state index contributed by atoms with van der Waals surface area (Å²) >= 11 is 0. The summed E-state index contributed by atoms with van der Waals surface area (Å²) in [5.41, 5.74) is 6.10. The first-order valence-corrected chi connectivity index (χ1v) is 11.9. The average Bonchev–Trinajstić information content (AvgIpc) is 3.31. The van der Waals surface area contributed by atoms with Gasteiger partial charge in [0.05, 0.1) is 6.54 Å². The highest BCUT2D eigenvalue weighted by atomic mass is 16.5. The Bertz CT molecular complexity index is 1220. The zero-order chi connectivity index (χ0) is 22.6. The van der Waals surface area contributed by atoms with Gasteiger partial charge in [-0.05, 0) is 36.2 Å². The molecule has 0 atom stereocenters. The molecule has 1 saturated heterocycles. The van der Waals surface area contributed by atoms with Gasteiger partial charge < -0.3 is 14.7 Å². The Morgan fingerprint density at radius 2 is 1.73 bits per heavy atom. The minimum Gasteiger partial charge on any atom is -0.369 e. The maximum absolute atomic E-state index is 5.61. The monoisotopic (exact) mass is 440 g/mol. The molecule has 33 heavy (non-hydrogen) atoms. The molecule has 0 saturated carbocycles. The number of fused-ring (bicyclic) bond motifs is 1. The summed E-state index contributed by atoms with van der Waals surface area (Å²) in [5.74, 6) is 0.873. The summed E-state index contributed by atoms with van der Waals surface area (Å²) in [4.78, 5) is 5.05. The van der Waals surface area contributed by atoms with Crippen molar-refractivity contribution >= 4 is 16.5 Å². The molecule has 1 aromatic heterocycles. The normalized spacial score (nSPS) is 14.8. The van der Waals surface area contributed by atoms with Gasteiger partial charge in [0, 0.05) is 56.6 Å². The van der Waals surface area contributed by atoms with Crippen LogP contribution in [0.5, 0.6) is 0 Å². The maximum atomic E-state index is 5.61. The predicted octanol–water partition coefficient (Wildman–Crippen LogP) is 5.02. The quantitative estimate of drug-likeness (QED) is 0.409. The van der Waals surface area contributed by atoms with Crippen LogP contribution in [0.4, 0.5) is 5.69 Å². The van der Waals surface area contributed by atoms with E-state index in [1.54, 1.807) is 0 Å². The minimum absolute atomic E-state index is 0.695. The molecule has 170 valence electrons. The molecule has 5 heteroatoms. The van der Waals surface area contributed by atoms with Gasteiger partial charge in [-0.1, -0.05) is 65.3 Å².